The number of aliphatic hydroxyl groups excluding tert-OH is 1. The Hall–Kier alpha value is -0.810. The van der Waals surface area contributed by atoms with E-state index in [9.17, 15) is 4.79 Å². The molecule has 1 fully saturated rings. The second-order valence-electron chi connectivity index (χ2n) is 5.03. The molecule has 2 amide bonds. The molecule has 0 radical (unpaired) electrons. The summed E-state index contributed by atoms with van der Waals surface area (Å²) in [5.74, 6) is 0. The molecule has 5 nitrogen and oxygen atoms in total. The smallest absolute Gasteiger partial charge is 0.314 e. The maximum Gasteiger partial charge on any atom is 0.314 e. The van der Waals surface area contributed by atoms with Gasteiger partial charge >= 0.3 is 6.03 Å². The molecule has 1 rings (SSSR count). The third-order valence-corrected chi connectivity index (χ3v) is 3.57. The first-order valence-electron chi connectivity index (χ1n) is 7.07. The highest BCUT2D eigenvalue weighted by molar-refractivity contribution is 5.73. The van der Waals surface area contributed by atoms with Crippen molar-refractivity contribution < 1.29 is 9.90 Å². The molecule has 1 aliphatic carbocycles. The molecule has 1 aliphatic rings. The number of nitrogens with zero attached hydrogens (tertiary/aromatic N) is 1. The second-order valence-corrected chi connectivity index (χ2v) is 5.03. The van der Waals surface area contributed by atoms with Crippen LogP contribution in [0.1, 0.15) is 38.5 Å². The number of carbonyl (C=O) groups is 1. The fourth-order valence-electron chi connectivity index (χ4n) is 2.47. The van der Waals surface area contributed by atoms with Crippen LogP contribution in [-0.4, -0.2) is 55.4 Å². The van der Waals surface area contributed by atoms with Crippen molar-refractivity contribution in [2.45, 2.75) is 44.6 Å². The summed E-state index contributed by atoms with van der Waals surface area (Å²) in [7, 11) is 2.18. The van der Waals surface area contributed by atoms with Crippen LogP contribution in [0.25, 0.3) is 0 Å². The third kappa shape index (κ3) is 6.21. The molecule has 0 heterocycles. The van der Waals surface area contributed by atoms with E-state index < -0.39 is 0 Å². The van der Waals surface area contributed by atoms with Crippen LogP contribution in [0, 0.1) is 0 Å². The number of hydrogen-bond acceptors (Lipinski definition) is 3. The Bertz CT molecular complexity index is 230. The van der Waals surface area contributed by atoms with Crippen LogP contribution in [0.5, 0.6) is 0 Å². The molecule has 3 N–H and O–H groups in total. The Balaban J connectivity index is 2.01. The van der Waals surface area contributed by atoms with E-state index in [0.717, 1.165) is 19.0 Å². The van der Waals surface area contributed by atoms with Gasteiger partial charge < -0.3 is 20.6 Å². The molecule has 0 aromatic carbocycles. The van der Waals surface area contributed by atoms with Gasteiger partial charge in [0, 0.05) is 19.1 Å². The van der Waals surface area contributed by atoms with Gasteiger partial charge in [0.1, 0.15) is 0 Å². The van der Waals surface area contributed by atoms with E-state index in [4.69, 9.17) is 5.11 Å². The Morgan fingerprint density at radius 2 is 1.89 bits per heavy atom. The Morgan fingerprint density at radius 1 is 1.22 bits per heavy atom. The Morgan fingerprint density at radius 3 is 2.56 bits per heavy atom. The van der Waals surface area contributed by atoms with Gasteiger partial charge in [-0.25, -0.2) is 4.79 Å². The molecule has 0 unspecified atom stereocenters. The molecule has 18 heavy (non-hydrogen) atoms. The van der Waals surface area contributed by atoms with E-state index in [1.807, 2.05) is 0 Å². The number of hydrogen-bond donors (Lipinski definition) is 3. The Kier molecular flexibility index (Phi) is 7.76. The van der Waals surface area contributed by atoms with Gasteiger partial charge in [0.05, 0.1) is 6.61 Å². The molecule has 0 atom stereocenters. The van der Waals surface area contributed by atoms with Crippen molar-refractivity contribution in [2.24, 2.45) is 0 Å². The molecule has 0 spiro atoms. The van der Waals surface area contributed by atoms with Crippen molar-refractivity contribution in [1.29, 1.82) is 0 Å². The highest BCUT2D eigenvalue weighted by Gasteiger charge is 2.17. The summed E-state index contributed by atoms with van der Waals surface area (Å²) < 4.78 is 0. The topological polar surface area (TPSA) is 64.6 Å². The maximum absolute atomic E-state index is 11.2. The summed E-state index contributed by atoms with van der Waals surface area (Å²) in [5.41, 5.74) is 0. The predicted octanol–water partition coefficient (Wildman–Crippen LogP) is 0.932. The molecular weight excluding hydrogens is 230 g/mol. The van der Waals surface area contributed by atoms with Crippen LogP contribution in [-0.2, 0) is 0 Å². The number of carbonyl (C=O) groups excluding carboxylic acids is 1. The number of amides is 2. The zero-order chi connectivity index (χ0) is 13.2. The van der Waals surface area contributed by atoms with E-state index in [1.165, 1.54) is 32.1 Å². The first-order chi connectivity index (χ1) is 8.74. The van der Waals surface area contributed by atoms with Crippen molar-refractivity contribution in [3.63, 3.8) is 0 Å². The van der Waals surface area contributed by atoms with Gasteiger partial charge in [-0.1, -0.05) is 19.3 Å². The second kappa shape index (κ2) is 9.16. The lowest BCUT2D eigenvalue weighted by Crippen LogP contribution is -2.39. The molecule has 0 aromatic rings. The lowest BCUT2D eigenvalue weighted by atomic mass is 9.94. The quantitative estimate of drug-likeness (QED) is 0.595. The normalized spacial score (nSPS) is 16.8. The predicted molar refractivity (Wildman–Crippen MR) is 72.6 cm³/mol. The average Bonchev–Trinajstić information content (AvgIpc) is 2.42. The molecule has 0 bridgehead atoms. The minimum atomic E-state index is -0.190. The first kappa shape index (κ1) is 15.2. The fourth-order valence-corrected chi connectivity index (χ4v) is 2.47. The zero-order valence-electron chi connectivity index (χ0n) is 11.5. The lowest BCUT2D eigenvalue weighted by molar-refractivity contribution is 0.189. The van der Waals surface area contributed by atoms with Gasteiger partial charge in [-0.05, 0) is 32.9 Å². The number of nitrogens with one attached hydrogen (secondary N) is 2. The minimum absolute atomic E-state index is 0.0160. The van der Waals surface area contributed by atoms with E-state index in [0.29, 0.717) is 13.1 Å². The molecule has 5 heteroatoms. The summed E-state index contributed by atoms with van der Waals surface area (Å²) in [4.78, 5) is 13.6. The number of aliphatic hydroxyl groups is 1. The third-order valence-electron chi connectivity index (χ3n) is 3.57. The van der Waals surface area contributed by atoms with Gasteiger partial charge in [-0.2, -0.15) is 0 Å². The number of rotatable bonds is 7. The van der Waals surface area contributed by atoms with Crippen LogP contribution < -0.4 is 10.6 Å². The van der Waals surface area contributed by atoms with Gasteiger partial charge in [-0.3, -0.25) is 0 Å². The Labute approximate surface area is 110 Å². The molecule has 0 aromatic heterocycles. The van der Waals surface area contributed by atoms with Gasteiger partial charge in [0.25, 0.3) is 0 Å². The summed E-state index contributed by atoms with van der Waals surface area (Å²) in [6.07, 6.45) is 7.71. The van der Waals surface area contributed by atoms with E-state index in [-0.39, 0.29) is 12.6 Å². The molecule has 1 saturated carbocycles. The highest BCUT2D eigenvalue weighted by Crippen LogP contribution is 2.21. The lowest BCUT2D eigenvalue weighted by Gasteiger charge is -2.31. The van der Waals surface area contributed by atoms with E-state index in [1.54, 1.807) is 0 Å². The van der Waals surface area contributed by atoms with E-state index in [2.05, 4.69) is 22.6 Å². The summed E-state index contributed by atoms with van der Waals surface area (Å²) in [6, 6.07) is 0.548. The van der Waals surface area contributed by atoms with E-state index >= 15 is 0 Å². The minimum Gasteiger partial charge on any atom is -0.395 e. The summed E-state index contributed by atoms with van der Waals surface area (Å²) >= 11 is 0. The van der Waals surface area contributed by atoms with Crippen molar-refractivity contribution in [2.75, 3.05) is 33.3 Å². The van der Waals surface area contributed by atoms with Crippen LogP contribution in [0.3, 0.4) is 0 Å². The molecular formula is C13H27N3O2. The monoisotopic (exact) mass is 257 g/mol. The fraction of sp³-hybridized carbons (Fsp3) is 0.923. The van der Waals surface area contributed by atoms with Gasteiger partial charge in [0.15, 0.2) is 0 Å². The van der Waals surface area contributed by atoms with Crippen LogP contribution >= 0.6 is 0 Å². The van der Waals surface area contributed by atoms with Crippen LogP contribution in [0.2, 0.25) is 0 Å². The average molecular weight is 257 g/mol. The highest BCUT2D eigenvalue weighted by atomic mass is 16.3. The van der Waals surface area contributed by atoms with Crippen LogP contribution in [0.4, 0.5) is 4.79 Å². The molecule has 106 valence electrons. The van der Waals surface area contributed by atoms with Crippen LogP contribution in [0.15, 0.2) is 0 Å². The summed E-state index contributed by atoms with van der Waals surface area (Å²) in [6.45, 7) is 2.02. The first-order valence-corrected chi connectivity index (χ1v) is 7.07. The van der Waals surface area contributed by atoms with Gasteiger partial charge in [-0.15, -0.1) is 0 Å². The van der Waals surface area contributed by atoms with Gasteiger partial charge in [0.2, 0.25) is 0 Å². The zero-order valence-corrected chi connectivity index (χ0v) is 11.5. The standard InChI is InChI=1S/C13H27N3O2/c1-16(12-6-3-2-4-7-12)10-5-8-14-13(18)15-9-11-17/h12,17H,2-11H2,1H3,(H2,14,15,18). The van der Waals surface area contributed by atoms with Crippen molar-refractivity contribution in [3.05, 3.63) is 0 Å². The van der Waals surface area contributed by atoms with Crippen molar-refractivity contribution in [3.8, 4) is 0 Å². The SMILES string of the molecule is CN(CCCNC(=O)NCCO)C1CCCCC1. The molecule has 0 saturated heterocycles. The maximum atomic E-state index is 11.2. The van der Waals surface area contributed by atoms with Crippen molar-refractivity contribution >= 4 is 6.03 Å². The molecule has 0 aliphatic heterocycles. The number of urea groups is 1. The van der Waals surface area contributed by atoms with Crippen molar-refractivity contribution in [1.82, 2.24) is 15.5 Å². The largest absolute Gasteiger partial charge is 0.395 e. The summed E-state index contributed by atoms with van der Waals surface area (Å²) in [5, 5.41) is 13.9.